The van der Waals surface area contributed by atoms with Crippen molar-refractivity contribution in [2.24, 2.45) is 0 Å². The third-order valence-electron chi connectivity index (χ3n) is 7.22. The van der Waals surface area contributed by atoms with E-state index in [1.807, 2.05) is 11.8 Å². The Labute approximate surface area is 180 Å². The molecule has 4 rings (SSSR count). The van der Waals surface area contributed by atoms with Gasteiger partial charge in [0.05, 0.1) is 19.0 Å². The van der Waals surface area contributed by atoms with Gasteiger partial charge < -0.3 is 9.64 Å². The van der Waals surface area contributed by atoms with E-state index in [2.05, 4.69) is 24.3 Å². The lowest BCUT2D eigenvalue weighted by molar-refractivity contribution is -0.135. The number of hydrogen-bond donors (Lipinski definition) is 0. The fraction of sp³-hybridized carbons (Fsp3) is 0.696. The van der Waals surface area contributed by atoms with Crippen molar-refractivity contribution in [3.63, 3.8) is 0 Å². The van der Waals surface area contributed by atoms with E-state index in [1.54, 1.807) is 4.31 Å². The maximum Gasteiger partial charge on any atom is 0.223 e. The van der Waals surface area contributed by atoms with E-state index < -0.39 is 10.0 Å². The highest BCUT2D eigenvalue weighted by atomic mass is 32.2. The van der Waals surface area contributed by atoms with Gasteiger partial charge in [-0.1, -0.05) is 37.6 Å². The molecule has 1 spiro atoms. The van der Waals surface area contributed by atoms with E-state index in [9.17, 15) is 13.2 Å². The van der Waals surface area contributed by atoms with Gasteiger partial charge in [-0.05, 0) is 48.1 Å². The number of fused-ring (bicyclic) bond motifs is 2. The molecule has 1 atom stereocenters. The summed E-state index contributed by atoms with van der Waals surface area (Å²) in [4.78, 5) is 14.8. The molecule has 1 unspecified atom stereocenters. The Bertz CT molecular complexity index is 856. The van der Waals surface area contributed by atoms with Gasteiger partial charge in [-0.3, -0.25) is 4.79 Å². The van der Waals surface area contributed by atoms with Gasteiger partial charge in [0.2, 0.25) is 15.9 Å². The van der Waals surface area contributed by atoms with Crippen molar-refractivity contribution in [3.8, 4) is 0 Å². The summed E-state index contributed by atoms with van der Waals surface area (Å²) in [7, 11) is -3.16. The summed E-state index contributed by atoms with van der Waals surface area (Å²) in [5.41, 5.74) is 2.64. The molecule has 6 nitrogen and oxygen atoms in total. The highest BCUT2D eigenvalue weighted by Gasteiger charge is 2.47. The molecule has 2 saturated heterocycles. The lowest BCUT2D eigenvalue weighted by Crippen LogP contribution is -2.45. The van der Waals surface area contributed by atoms with E-state index in [4.69, 9.17) is 4.74 Å². The van der Waals surface area contributed by atoms with Crippen molar-refractivity contribution in [2.75, 3.05) is 45.1 Å². The molecule has 30 heavy (non-hydrogen) atoms. The predicted molar refractivity (Wildman–Crippen MR) is 117 cm³/mol. The van der Waals surface area contributed by atoms with E-state index in [0.29, 0.717) is 45.8 Å². The Balaban J connectivity index is 1.47. The third-order valence-corrected chi connectivity index (χ3v) is 9.18. The number of hydrogen-bond acceptors (Lipinski definition) is 4. The van der Waals surface area contributed by atoms with Crippen LogP contribution in [0.1, 0.15) is 62.5 Å². The second-order valence-corrected chi connectivity index (χ2v) is 11.1. The van der Waals surface area contributed by atoms with Crippen molar-refractivity contribution in [1.29, 1.82) is 0 Å². The molecule has 0 N–H and O–H groups in total. The Morgan fingerprint density at radius 2 is 1.83 bits per heavy atom. The minimum Gasteiger partial charge on any atom is -0.378 e. The quantitative estimate of drug-likeness (QED) is 0.691. The molecule has 0 aromatic heterocycles. The van der Waals surface area contributed by atoms with E-state index >= 15 is 0 Å². The fourth-order valence-corrected chi connectivity index (χ4v) is 7.13. The normalized spacial score (nSPS) is 24.2. The van der Waals surface area contributed by atoms with Crippen LogP contribution in [0.4, 0.5) is 0 Å². The van der Waals surface area contributed by atoms with E-state index in [0.717, 1.165) is 32.1 Å². The van der Waals surface area contributed by atoms with Gasteiger partial charge in [-0.15, -0.1) is 0 Å². The van der Waals surface area contributed by atoms with Gasteiger partial charge in [0.1, 0.15) is 0 Å². The number of carbonyl (C=O) groups is 1. The molecule has 166 valence electrons. The van der Waals surface area contributed by atoms with Crippen LogP contribution < -0.4 is 0 Å². The molecule has 0 saturated carbocycles. The van der Waals surface area contributed by atoms with Crippen molar-refractivity contribution < 1.29 is 17.9 Å². The fourth-order valence-electron chi connectivity index (χ4n) is 5.48. The van der Waals surface area contributed by atoms with E-state index in [1.165, 1.54) is 11.1 Å². The van der Waals surface area contributed by atoms with Crippen molar-refractivity contribution in [1.82, 2.24) is 9.21 Å². The molecule has 1 aliphatic carbocycles. The van der Waals surface area contributed by atoms with Crippen LogP contribution in [0, 0.1) is 0 Å². The van der Waals surface area contributed by atoms with Crippen LogP contribution in [-0.2, 0) is 25.0 Å². The van der Waals surface area contributed by atoms with Gasteiger partial charge in [-0.25, -0.2) is 12.7 Å². The summed E-state index contributed by atoms with van der Waals surface area (Å²) < 4.78 is 32.4. The molecule has 7 heteroatoms. The van der Waals surface area contributed by atoms with Crippen LogP contribution >= 0.6 is 0 Å². The highest BCUT2D eigenvalue weighted by Crippen LogP contribution is 2.53. The van der Waals surface area contributed by atoms with Gasteiger partial charge in [0.15, 0.2) is 0 Å². The van der Waals surface area contributed by atoms with Gasteiger partial charge >= 0.3 is 0 Å². The molecule has 1 aromatic carbocycles. The second-order valence-electron chi connectivity index (χ2n) is 9.03. The third kappa shape index (κ3) is 4.30. The Kier molecular flexibility index (Phi) is 6.51. The molecule has 3 aliphatic rings. The maximum atomic E-state index is 12.9. The molecular formula is C23H34N2O4S. The molecule has 1 aromatic rings. The summed E-state index contributed by atoms with van der Waals surface area (Å²) in [6.07, 6.45) is 4.79. The zero-order valence-corrected chi connectivity index (χ0v) is 18.8. The lowest BCUT2D eigenvalue weighted by atomic mass is 9.73. The molecule has 1 amide bonds. The topological polar surface area (TPSA) is 66.9 Å². The van der Waals surface area contributed by atoms with Crippen LogP contribution in [0.15, 0.2) is 24.3 Å². The minimum absolute atomic E-state index is 0.00330. The second kappa shape index (κ2) is 8.97. The van der Waals surface area contributed by atoms with Crippen LogP contribution in [-0.4, -0.2) is 68.7 Å². The number of nitrogens with zero attached hydrogens (tertiary/aromatic N) is 2. The number of ether oxygens (including phenoxy) is 1. The number of amides is 1. The molecule has 0 bridgehead atoms. The maximum absolute atomic E-state index is 12.9. The first-order valence-corrected chi connectivity index (χ1v) is 13.0. The number of morpholine rings is 1. The number of benzene rings is 1. The average molecular weight is 435 g/mol. The summed E-state index contributed by atoms with van der Waals surface area (Å²) in [6.45, 7) is 5.81. The molecule has 2 aliphatic heterocycles. The van der Waals surface area contributed by atoms with Crippen LogP contribution in [0.25, 0.3) is 0 Å². The zero-order chi connectivity index (χ0) is 21.2. The number of unbranched alkanes of at least 4 members (excludes halogenated alkanes) is 1. The molecule has 0 radical (unpaired) electrons. The van der Waals surface area contributed by atoms with Crippen LogP contribution in [0.2, 0.25) is 0 Å². The van der Waals surface area contributed by atoms with Crippen molar-refractivity contribution >= 4 is 15.9 Å². The largest absolute Gasteiger partial charge is 0.378 e. The summed E-state index contributed by atoms with van der Waals surface area (Å²) in [5, 5.41) is 0. The number of carbonyl (C=O) groups excluding carboxylic acids is 1. The Morgan fingerprint density at radius 3 is 2.53 bits per heavy atom. The molecule has 2 fully saturated rings. The average Bonchev–Trinajstić information content (AvgIpc) is 3.06. The molecule has 2 heterocycles. The van der Waals surface area contributed by atoms with Crippen LogP contribution in [0.3, 0.4) is 0 Å². The van der Waals surface area contributed by atoms with Crippen molar-refractivity contribution in [3.05, 3.63) is 35.4 Å². The first kappa shape index (κ1) is 21.8. The van der Waals surface area contributed by atoms with E-state index in [-0.39, 0.29) is 23.0 Å². The lowest BCUT2D eigenvalue weighted by Gasteiger charge is -2.40. The summed E-state index contributed by atoms with van der Waals surface area (Å²) in [6, 6.07) is 8.52. The Hall–Kier alpha value is -1.44. The van der Waals surface area contributed by atoms with Gasteiger partial charge in [0.25, 0.3) is 0 Å². The predicted octanol–water partition coefficient (Wildman–Crippen LogP) is 2.89. The minimum atomic E-state index is -3.16. The van der Waals surface area contributed by atoms with Gasteiger partial charge in [0, 0.05) is 32.6 Å². The number of sulfonamides is 1. The Morgan fingerprint density at radius 1 is 1.13 bits per heavy atom. The van der Waals surface area contributed by atoms with Crippen LogP contribution in [0.5, 0.6) is 0 Å². The standard InChI is InChI=1S/C23H34N2O4S/c1-2-3-16-30(27,28)25-10-8-23(9-11-25)18-19(20-6-4-5-7-21(20)23)17-22(26)24-12-14-29-15-13-24/h4-7,19H,2-3,8-18H2,1H3. The van der Waals surface area contributed by atoms with Gasteiger partial charge in [-0.2, -0.15) is 0 Å². The first-order chi connectivity index (χ1) is 14.5. The highest BCUT2D eigenvalue weighted by molar-refractivity contribution is 7.89. The zero-order valence-electron chi connectivity index (χ0n) is 18.0. The summed E-state index contributed by atoms with van der Waals surface area (Å²) >= 11 is 0. The monoisotopic (exact) mass is 434 g/mol. The molecular weight excluding hydrogens is 400 g/mol. The smallest absolute Gasteiger partial charge is 0.223 e. The summed E-state index contributed by atoms with van der Waals surface area (Å²) in [5.74, 6) is 0.693. The van der Waals surface area contributed by atoms with Crippen molar-refractivity contribution in [2.45, 2.75) is 56.8 Å². The first-order valence-electron chi connectivity index (χ1n) is 11.4. The SMILES string of the molecule is CCCCS(=O)(=O)N1CCC2(CC1)CC(CC(=O)N1CCOCC1)c1ccccc12. The number of piperidine rings is 1. The number of rotatable bonds is 6.